The molecule has 4 nitrogen and oxygen atoms in total. The minimum atomic E-state index is -0.280. The molecule has 3 unspecified atom stereocenters. The molecular formula is C14H19N3O. The van der Waals surface area contributed by atoms with Crippen molar-refractivity contribution in [1.82, 2.24) is 10.3 Å². The zero-order valence-corrected chi connectivity index (χ0v) is 11.0. The van der Waals surface area contributed by atoms with Crippen molar-refractivity contribution in [1.29, 1.82) is 0 Å². The molecule has 3 atom stereocenters. The molecule has 1 saturated heterocycles. The summed E-state index contributed by atoms with van der Waals surface area (Å²) in [5.41, 5.74) is 2.10. The number of rotatable bonds is 1. The summed E-state index contributed by atoms with van der Waals surface area (Å²) < 4.78 is 0. The van der Waals surface area contributed by atoms with Gasteiger partial charge in [-0.1, -0.05) is 20.8 Å². The van der Waals surface area contributed by atoms with Gasteiger partial charge in [0, 0.05) is 17.5 Å². The Morgan fingerprint density at radius 1 is 1.44 bits per heavy atom. The maximum Gasteiger partial charge on any atom is 0.155 e. The molecule has 3 heterocycles. The summed E-state index contributed by atoms with van der Waals surface area (Å²) in [5.74, 6) is 0.689. The van der Waals surface area contributed by atoms with E-state index in [-0.39, 0.29) is 17.6 Å². The third kappa shape index (κ3) is 1.72. The zero-order valence-electron chi connectivity index (χ0n) is 11.0. The summed E-state index contributed by atoms with van der Waals surface area (Å²) in [5, 5.41) is 6.82. The minimum absolute atomic E-state index is 0.0335. The third-order valence-electron chi connectivity index (χ3n) is 3.89. The second-order valence-electron chi connectivity index (χ2n) is 6.26. The molecule has 2 N–H and O–H groups in total. The van der Waals surface area contributed by atoms with Gasteiger partial charge in [0.2, 0.25) is 0 Å². The van der Waals surface area contributed by atoms with Crippen molar-refractivity contribution in [3.8, 4) is 0 Å². The van der Waals surface area contributed by atoms with Gasteiger partial charge in [0.15, 0.2) is 5.78 Å². The summed E-state index contributed by atoms with van der Waals surface area (Å²) in [6.07, 6.45) is 4.74. The van der Waals surface area contributed by atoms with Crippen LogP contribution in [0.5, 0.6) is 0 Å². The van der Waals surface area contributed by atoms with Gasteiger partial charge < -0.3 is 5.32 Å². The van der Waals surface area contributed by atoms with Crippen molar-refractivity contribution in [2.45, 2.75) is 45.3 Å². The second-order valence-corrected chi connectivity index (χ2v) is 6.26. The number of aromatic nitrogens is 1. The third-order valence-corrected chi connectivity index (χ3v) is 3.89. The Morgan fingerprint density at radius 3 is 2.94 bits per heavy atom. The number of ketones is 1. The van der Waals surface area contributed by atoms with Crippen molar-refractivity contribution in [2.24, 2.45) is 5.41 Å². The first-order chi connectivity index (χ1) is 8.47. The fourth-order valence-corrected chi connectivity index (χ4v) is 2.96. The normalized spacial score (nSPS) is 29.6. The number of Topliss-reactive ketones (excluding diaryl/α,β-unsaturated/α-hetero) is 1. The van der Waals surface area contributed by atoms with E-state index < -0.39 is 0 Å². The number of carbonyl (C=O) groups is 1. The molecule has 0 saturated carbocycles. The summed E-state index contributed by atoms with van der Waals surface area (Å²) in [7, 11) is 0. The van der Waals surface area contributed by atoms with Crippen molar-refractivity contribution < 1.29 is 4.79 Å². The van der Waals surface area contributed by atoms with E-state index in [0.29, 0.717) is 11.7 Å². The Kier molecular flexibility index (Phi) is 2.45. The van der Waals surface area contributed by atoms with Gasteiger partial charge in [-0.2, -0.15) is 0 Å². The highest BCUT2D eigenvalue weighted by Gasteiger charge is 2.44. The Bertz CT molecular complexity index is 492. The quantitative estimate of drug-likeness (QED) is 0.793. The fraction of sp³-hybridized carbons (Fsp3) is 0.571. The first-order valence-electron chi connectivity index (χ1n) is 6.47. The predicted octanol–water partition coefficient (Wildman–Crippen LogP) is 1.89. The molecule has 96 valence electrons. The fourth-order valence-electron chi connectivity index (χ4n) is 2.96. The van der Waals surface area contributed by atoms with E-state index in [1.165, 1.54) is 5.56 Å². The van der Waals surface area contributed by atoms with Crippen LogP contribution < -0.4 is 10.6 Å². The highest BCUT2D eigenvalue weighted by atomic mass is 16.1. The Balaban J connectivity index is 1.81. The molecule has 2 aliphatic heterocycles. The van der Waals surface area contributed by atoms with Gasteiger partial charge in [-0.25, -0.2) is 0 Å². The monoisotopic (exact) mass is 245 g/mol. The lowest BCUT2D eigenvalue weighted by Gasteiger charge is -2.22. The first kappa shape index (κ1) is 11.7. The van der Waals surface area contributed by atoms with Crippen LogP contribution in [-0.4, -0.2) is 23.0 Å². The SMILES string of the molecule is CC(C)(C)C(=O)C1CC2c3ccncc3NC2N1. The lowest BCUT2D eigenvalue weighted by atomic mass is 9.84. The number of hydrogen-bond donors (Lipinski definition) is 2. The smallest absolute Gasteiger partial charge is 0.155 e. The number of pyridine rings is 1. The van der Waals surface area contributed by atoms with Gasteiger partial charge in [0.1, 0.15) is 0 Å². The molecule has 4 heteroatoms. The van der Waals surface area contributed by atoms with Crippen LogP contribution in [0.25, 0.3) is 0 Å². The maximum atomic E-state index is 12.3. The molecule has 1 fully saturated rings. The first-order valence-corrected chi connectivity index (χ1v) is 6.47. The van der Waals surface area contributed by atoms with Crippen LogP contribution in [0.15, 0.2) is 18.5 Å². The number of carbonyl (C=O) groups excluding carboxylic acids is 1. The lowest BCUT2D eigenvalue weighted by Crippen LogP contribution is -2.43. The number of nitrogens with one attached hydrogen (secondary N) is 2. The van der Waals surface area contributed by atoms with Crippen LogP contribution >= 0.6 is 0 Å². The molecule has 0 bridgehead atoms. The van der Waals surface area contributed by atoms with Crippen LogP contribution in [0.1, 0.15) is 38.7 Å². The van der Waals surface area contributed by atoms with Gasteiger partial charge in [0.05, 0.1) is 24.1 Å². The molecule has 18 heavy (non-hydrogen) atoms. The minimum Gasteiger partial charge on any atom is -0.368 e. The van der Waals surface area contributed by atoms with Gasteiger partial charge in [-0.15, -0.1) is 0 Å². The average Bonchev–Trinajstić information content (AvgIpc) is 2.83. The summed E-state index contributed by atoms with van der Waals surface area (Å²) in [6.45, 7) is 5.95. The number of fused-ring (bicyclic) bond motifs is 3. The molecule has 1 aromatic heterocycles. The van der Waals surface area contributed by atoms with Crippen LogP contribution in [0, 0.1) is 5.41 Å². The van der Waals surface area contributed by atoms with Gasteiger partial charge in [-0.05, 0) is 18.1 Å². The van der Waals surface area contributed by atoms with E-state index in [0.717, 1.165) is 12.1 Å². The number of nitrogens with zero attached hydrogens (tertiary/aromatic N) is 1. The summed E-state index contributed by atoms with van der Waals surface area (Å²) in [4.78, 5) is 16.4. The largest absolute Gasteiger partial charge is 0.368 e. The molecule has 0 amide bonds. The molecule has 0 aliphatic carbocycles. The molecule has 0 aromatic carbocycles. The van der Waals surface area contributed by atoms with Gasteiger partial charge >= 0.3 is 0 Å². The Hall–Kier alpha value is -1.42. The van der Waals surface area contributed by atoms with E-state index in [1.54, 1.807) is 0 Å². The molecule has 1 aromatic rings. The molecule has 0 radical (unpaired) electrons. The van der Waals surface area contributed by atoms with Crippen molar-refractivity contribution >= 4 is 11.5 Å². The van der Waals surface area contributed by atoms with Crippen molar-refractivity contribution in [2.75, 3.05) is 5.32 Å². The highest BCUT2D eigenvalue weighted by molar-refractivity contribution is 5.89. The summed E-state index contributed by atoms with van der Waals surface area (Å²) in [6, 6.07) is 2.02. The van der Waals surface area contributed by atoms with Crippen LogP contribution in [0.2, 0.25) is 0 Å². The van der Waals surface area contributed by atoms with Crippen molar-refractivity contribution in [3.63, 3.8) is 0 Å². The number of hydrogen-bond acceptors (Lipinski definition) is 4. The van der Waals surface area contributed by atoms with Crippen LogP contribution in [0.3, 0.4) is 0 Å². The molecule has 2 aliphatic rings. The average molecular weight is 245 g/mol. The van der Waals surface area contributed by atoms with E-state index in [2.05, 4.69) is 21.7 Å². The van der Waals surface area contributed by atoms with E-state index in [4.69, 9.17) is 0 Å². The van der Waals surface area contributed by atoms with E-state index in [1.807, 2.05) is 33.2 Å². The predicted molar refractivity (Wildman–Crippen MR) is 70.4 cm³/mol. The van der Waals surface area contributed by atoms with Crippen molar-refractivity contribution in [3.05, 3.63) is 24.0 Å². The highest BCUT2D eigenvalue weighted by Crippen LogP contribution is 2.41. The molecule has 0 spiro atoms. The van der Waals surface area contributed by atoms with Crippen LogP contribution in [0.4, 0.5) is 5.69 Å². The Morgan fingerprint density at radius 2 is 2.22 bits per heavy atom. The lowest BCUT2D eigenvalue weighted by molar-refractivity contribution is -0.128. The summed E-state index contributed by atoms with van der Waals surface area (Å²) >= 11 is 0. The van der Waals surface area contributed by atoms with Gasteiger partial charge in [0.25, 0.3) is 0 Å². The standard InChI is InChI=1S/C14H19N3O/c1-14(2,3)12(18)10-6-9-8-4-5-15-7-11(8)17-13(9)16-10/h4-5,7,9-10,13,16-17H,6H2,1-3H3. The molecular weight excluding hydrogens is 226 g/mol. The molecule has 3 rings (SSSR count). The Labute approximate surface area is 107 Å². The van der Waals surface area contributed by atoms with E-state index in [9.17, 15) is 4.79 Å². The zero-order chi connectivity index (χ0) is 12.9. The second kappa shape index (κ2) is 3.79. The van der Waals surface area contributed by atoms with Gasteiger partial charge in [-0.3, -0.25) is 15.1 Å². The van der Waals surface area contributed by atoms with Crippen LogP contribution in [-0.2, 0) is 4.79 Å². The number of anilines is 1. The van der Waals surface area contributed by atoms with E-state index >= 15 is 0 Å². The maximum absolute atomic E-state index is 12.3. The topological polar surface area (TPSA) is 54.0 Å².